The minimum Gasteiger partial charge on any atom is -0.298 e. The van der Waals surface area contributed by atoms with Gasteiger partial charge in [0.15, 0.2) is 0 Å². The van der Waals surface area contributed by atoms with E-state index < -0.39 is 0 Å². The molecule has 0 atom stereocenters. The maximum Gasteiger partial charge on any atom is 0.115 e. The number of hydrogen-bond acceptors (Lipinski definition) is 3. The average molecular weight is 244 g/mol. The van der Waals surface area contributed by atoms with Crippen LogP contribution < -0.4 is 10.9 Å². The van der Waals surface area contributed by atoms with Gasteiger partial charge in [-0.3, -0.25) is 15.8 Å². The van der Waals surface area contributed by atoms with Gasteiger partial charge in [-0.15, -0.1) is 0 Å². The summed E-state index contributed by atoms with van der Waals surface area (Å²) in [7, 11) is 0. The maximum atomic E-state index is 6.00. The van der Waals surface area contributed by atoms with Crippen LogP contribution in [0, 0.1) is 0 Å². The van der Waals surface area contributed by atoms with Crippen molar-refractivity contribution in [3.05, 3.63) is 28.2 Å². The molecule has 0 aromatic heterocycles. The first-order chi connectivity index (χ1) is 7.27. The normalized spacial score (nSPS) is 14.9. The number of rotatable bonds is 2. The number of nitrogens with zero attached hydrogens (tertiary/aromatic N) is 1. The Morgan fingerprint density at radius 1 is 1.20 bits per heavy atom. The Morgan fingerprint density at radius 2 is 2.07 bits per heavy atom. The molecule has 0 fully saturated rings. The van der Waals surface area contributed by atoms with Crippen LogP contribution in [0.3, 0.4) is 0 Å². The van der Waals surface area contributed by atoms with Crippen LogP contribution in [0.5, 0.6) is 0 Å². The predicted octanol–water partition coefficient (Wildman–Crippen LogP) is 3.10. The van der Waals surface area contributed by atoms with Crippen molar-refractivity contribution in [2.75, 3.05) is 12.0 Å². The molecule has 0 unspecified atom stereocenters. The maximum absolute atomic E-state index is 6.00. The van der Waals surface area contributed by atoms with E-state index in [1.165, 1.54) is 0 Å². The number of aliphatic imine (C=N–C) groups is 1. The van der Waals surface area contributed by atoms with Gasteiger partial charge < -0.3 is 0 Å². The minimum absolute atomic E-state index is 0.519. The molecule has 15 heavy (non-hydrogen) atoms. The van der Waals surface area contributed by atoms with E-state index in [9.17, 15) is 0 Å². The number of hydrazine groups is 1. The topological polar surface area (TPSA) is 36.4 Å². The van der Waals surface area contributed by atoms with Gasteiger partial charge in [-0.2, -0.15) is 0 Å². The molecule has 1 aromatic rings. The fourth-order valence-corrected chi connectivity index (χ4v) is 1.73. The van der Waals surface area contributed by atoms with Gasteiger partial charge in [0.1, 0.15) is 5.84 Å². The van der Waals surface area contributed by atoms with Crippen LogP contribution in [0.1, 0.15) is 12.8 Å². The van der Waals surface area contributed by atoms with Gasteiger partial charge in [-0.1, -0.05) is 29.3 Å². The Kier molecular flexibility index (Phi) is 3.34. The summed E-state index contributed by atoms with van der Waals surface area (Å²) in [5.74, 6) is 0.964. The molecule has 0 aliphatic carbocycles. The number of benzene rings is 1. The lowest BCUT2D eigenvalue weighted by atomic mass is 10.3. The first-order valence-electron chi connectivity index (χ1n) is 4.77. The monoisotopic (exact) mass is 243 g/mol. The molecule has 1 aliphatic rings. The van der Waals surface area contributed by atoms with Crippen LogP contribution in [0.4, 0.5) is 5.69 Å². The molecule has 0 radical (unpaired) electrons. The summed E-state index contributed by atoms with van der Waals surface area (Å²) in [5, 5.41) is 1.06. The van der Waals surface area contributed by atoms with Gasteiger partial charge in [-0.25, -0.2) is 0 Å². The molecule has 0 amide bonds. The van der Waals surface area contributed by atoms with Gasteiger partial charge in [0.05, 0.1) is 15.7 Å². The zero-order valence-corrected chi connectivity index (χ0v) is 9.57. The highest BCUT2D eigenvalue weighted by Gasteiger charge is 2.07. The number of hydrogen-bond donors (Lipinski definition) is 2. The van der Waals surface area contributed by atoms with Gasteiger partial charge in [0.2, 0.25) is 0 Å². The second kappa shape index (κ2) is 4.73. The lowest BCUT2D eigenvalue weighted by Crippen LogP contribution is -2.27. The van der Waals surface area contributed by atoms with Crippen LogP contribution in [0.2, 0.25) is 10.0 Å². The molecule has 0 bridgehead atoms. The fourth-order valence-electron chi connectivity index (χ4n) is 1.38. The third-order valence-electron chi connectivity index (χ3n) is 2.17. The first-order valence-corrected chi connectivity index (χ1v) is 5.52. The SMILES string of the molecule is Clc1cccc(NNC2=NCCC2)c1Cl. The molecule has 3 nitrogen and oxygen atoms in total. The zero-order valence-electron chi connectivity index (χ0n) is 8.06. The van der Waals surface area contributed by atoms with Crippen molar-refractivity contribution in [3.63, 3.8) is 0 Å². The summed E-state index contributed by atoms with van der Waals surface area (Å²) in [6.07, 6.45) is 2.08. The molecule has 0 saturated heterocycles. The number of amidine groups is 1. The molecule has 80 valence electrons. The van der Waals surface area contributed by atoms with Crippen molar-refractivity contribution < 1.29 is 0 Å². The summed E-state index contributed by atoms with van der Waals surface area (Å²) in [6.45, 7) is 0.896. The van der Waals surface area contributed by atoms with Crippen LogP contribution in [0.15, 0.2) is 23.2 Å². The van der Waals surface area contributed by atoms with Crippen LogP contribution >= 0.6 is 23.2 Å². The van der Waals surface area contributed by atoms with Crippen molar-refractivity contribution in [2.24, 2.45) is 4.99 Å². The summed E-state index contributed by atoms with van der Waals surface area (Å²) < 4.78 is 0. The molecule has 5 heteroatoms. The third-order valence-corrected chi connectivity index (χ3v) is 2.99. The standard InChI is InChI=1S/C10H11Cl2N3/c11-7-3-1-4-8(10(7)12)14-15-9-5-2-6-13-9/h1,3-4,14H,2,5-6H2,(H,13,15). The first kappa shape index (κ1) is 10.6. The van der Waals surface area contributed by atoms with Crippen molar-refractivity contribution in [2.45, 2.75) is 12.8 Å². The molecule has 0 saturated carbocycles. The van der Waals surface area contributed by atoms with Crippen LogP contribution in [0.25, 0.3) is 0 Å². The molecule has 1 heterocycles. The summed E-state index contributed by atoms with van der Waals surface area (Å²) >= 11 is 11.9. The Hall–Kier alpha value is -0.930. The van der Waals surface area contributed by atoms with E-state index >= 15 is 0 Å². The van der Waals surface area contributed by atoms with Crippen molar-refractivity contribution in [1.29, 1.82) is 0 Å². The number of anilines is 1. The summed E-state index contributed by atoms with van der Waals surface area (Å²) in [4.78, 5) is 4.27. The zero-order chi connectivity index (χ0) is 10.7. The Balaban J connectivity index is 2.01. The molecular formula is C10H11Cl2N3. The number of halogens is 2. The van der Waals surface area contributed by atoms with Gasteiger partial charge >= 0.3 is 0 Å². The quantitative estimate of drug-likeness (QED) is 0.784. The largest absolute Gasteiger partial charge is 0.298 e. The number of nitrogens with one attached hydrogen (secondary N) is 2. The summed E-state index contributed by atoms with van der Waals surface area (Å²) in [5.41, 5.74) is 6.78. The van der Waals surface area contributed by atoms with E-state index in [0.717, 1.165) is 30.9 Å². The van der Waals surface area contributed by atoms with E-state index in [0.29, 0.717) is 10.0 Å². The fraction of sp³-hybridized carbons (Fsp3) is 0.300. The molecule has 0 spiro atoms. The summed E-state index contributed by atoms with van der Waals surface area (Å²) in [6, 6.07) is 5.45. The van der Waals surface area contributed by atoms with Gasteiger partial charge in [0, 0.05) is 13.0 Å². The van der Waals surface area contributed by atoms with Crippen molar-refractivity contribution in [3.8, 4) is 0 Å². The van der Waals surface area contributed by atoms with E-state index in [4.69, 9.17) is 23.2 Å². The van der Waals surface area contributed by atoms with Gasteiger partial charge in [-0.05, 0) is 18.6 Å². The van der Waals surface area contributed by atoms with Crippen molar-refractivity contribution in [1.82, 2.24) is 5.43 Å². The van der Waals surface area contributed by atoms with Crippen LogP contribution in [-0.4, -0.2) is 12.4 Å². The van der Waals surface area contributed by atoms with E-state index in [-0.39, 0.29) is 0 Å². The average Bonchev–Trinajstić information content (AvgIpc) is 2.73. The second-order valence-corrected chi connectivity index (χ2v) is 4.07. The molecule has 2 N–H and O–H groups in total. The Bertz CT molecular complexity index is 390. The highest BCUT2D eigenvalue weighted by atomic mass is 35.5. The minimum atomic E-state index is 0.519. The van der Waals surface area contributed by atoms with E-state index in [2.05, 4.69) is 15.8 Å². The Morgan fingerprint density at radius 3 is 2.80 bits per heavy atom. The van der Waals surface area contributed by atoms with Gasteiger partial charge in [0.25, 0.3) is 0 Å². The predicted molar refractivity (Wildman–Crippen MR) is 64.8 cm³/mol. The Labute approximate surface area is 98.5 Å². The third kappa shape index (κ3) is 2.55. The lowest BCUT2D eigenvalue weighted by molar-refractivity contribution is 0.944. The lowest BCUT2D eigenvalue weighted by Gasteiger charge is -2.11. The second-order valence-electron chi connectivity index (χ2n) is 3.28. The molecular weight excluding hydrogens is 233 g/mol. The van der Waals surface area contributed by atoms with E-state index in [1.54, 1.807) is 6.07 Å². The molecule has 1 aliphatic heterocycles. The highest BCUT2D eigenvalue weighted by molar-refractivity contribution is 6.43. The smallest absolute Gasteiger partial charge is 0.115 e. The van der Waals surface area contributed by atoms with E-state index in [1.807, 2.05) is 12.1 Å². The molecule has 1 aromatic carbocycles. The van der Waals surface area contributed by atoms with Crippen molar-refractivity contribution >= 4 is 34.7 Å². The van der Waals surface area contributed by atoms with Crippen LogP contribution in [-0.2, 0) is 0 Å². The highest BCUT2D eigenvalue weighted by Crippen LogP contribution is 2.28. The molecule has 2 rings (SSSR count).